The van der Waals surface area contributed by atoms with Gasteiger partial charge < -0.3 is 19.7 Å². The lowest BCUT2D eigenvalue weighted by Crippen LogP contribution is -2.40. The molecule has 0 bridgehead atoms. The second-order valence-corrected chi connectivity index (χ2v) is 6.81. The maximum Gasteiger partial charge on any atom is 0.193 e. The number of aryl methyl sites for hydroxylation is 1. The van der Waals surface area contributed by atoms with Gasteiger partial charge in [-0.15, -0.1) is 24.0 Å². The quantitative estimate of drug-likeness (QED) is 0.247. The molecule has 0 radical (unpaired) electrons. The number of benzene rings is 1. The molecule has 0 aromatic heterocycles. The fraction of sp³-hybridized carbons (Fsp3) is 0.632. The van der Waals surface area contributed by atoms with Crippen molar-refractivity contribution in [2.45, 2.75) is 19.3 Å². The first-order chi connectivity index (χ1) is 12.2. The molecule has 2 rings (SSSR count). The molecule has 1 aliphatic rings. The fourth-order valence-electron chi connectivity index (χ4n) is 3.03. The number of hydrogen-bond acceptors (Lipinski definition) is 3. The van der Waals surface area contributed by atoms with E-state index in [4.69, 9.17) is 21.1 Å². The van der Waals surface area contributed by atoms with Crippen molar-refractivity contribution >= 4 is 41.5 Å². The monoisotopic (exact) mass is 495 g/mol. The smallest absolute Gasteiger partial charge is 0.193 e. The summed E-state index contributed by atoms with van der Waals surface area (Å²) in [5.74, 6) is 1.57. The Hall–Kier alpha value is -0.570. The standard InChI is InChI=1S/C19H30ClN3O2.HI/c1-21-19(22-10-3-4-16-5-7-18(20)8-6-16)23-11-9-17(14-23)15-25-13-12-24-2;/h5-8,17H,3-4,9-15H2,1-2H3,(H,21,22);1H. The minimum Gasteiger partial charge on any atom is -0.382 e. The van der Waals surface area contributed by atoms with Gasteiger partial charge in [-0.25, -0.2) is 0 Å². The molecule has 1 N–H and O–H groups in total. The lowest BCUT2D eigenvalue weighted by atomic mass is 10.1. The van der Waals surface area contributed by atoms with Crippen LogP contribution in [-0.4, -0.2) is 64.5 Å². The molecular weight excluding hydrogens is 465 g/mol. The van der Waals surface area contributed by atoms with E-state index in [-0.39, 0.29) is 24.0 Å². The lowest BCUT2D eigenvalue weighted by Gasteiger charge is -2.21. The number of halogens is 2. The van der Waals surface area contributed by atoms with Gasteiger partial charge in [-0.05, 0) is 37.0 Å². The predicted octanol–water partition coefficient (Wildman–Crippen LogP) is 3.45. The summed E-state index contributed by atoms with van der Waals surface area (Å²) in [7, 11) is 3.55. The highest BCUT2D eigenvalue weighted by Gasteiger charge is 2.24. The molecule has 1 aliphatic heterocycles. The van der Waals surface area contributed by atoms with E-state index in [1.54, 1.807) is 7.11 Å². The first kappa shape index (κ1) is 23.5. The van der Waals surface area contributed by atoms with Crippen LogP contribution >= 0.6 is 35.6 Å². The zero-order chi connectivity index (χ0) is 17.9. The van der Waals surface area contributed by atoms with E-state index in [0.717, 1.165) is 56.5 Å². The number of nitrogens with one attached hydrogen (secondary N) is 1. The molecule has 7 heteroatoms. The summed E-state index contributed by atoms with van der Waals surface area (Å²) in [4.78, 5) is 6.75. The summed E-state index contributed by atoms with van der Waals surface area (Å²) in [6.07, 6.45) is 3.26. The van der Waals surface area contributed by atoms with Crippen LogP contribution in [-0.2, 0) is 15.9 Å². The lowest BCUT2D eigenvalue weighted by molar-refractivity contribution is 0.0536. The van der Waals surface area contributed by atoms with Crippen molar-refractivity contribution in [3.8, 4) is 0 Å². The molecule has 1 atom stereocenters. The Balaban J connectivity index is 0.00000338. The SMILES string of the molecule is CN=C(NCCCc1ccc(Cl)cc1)N1CCC(COCCOC)C1.I. The predicted molar refractivity (Wildman–Crippen MR) is 119 cm³/mol. The highest BCUT2D eigenvalue weighted by molar-refractivity contribution is 14.0. The molecule has 5 nitrogen and oxygen atoms in total. The summed E-state index contributed by atoms with van der Waals surface area (Å²) < 4.78 is 10.7. The van der Waals surface area contributed by atoms with Gasteiger partial charge in [0.15, 0.2) is 5.96 Å². The Labute approximate surface area is 179 Å². The molecule has 148 valence electrons. The average Bonchev–Trinajstić information content (AvgIpc) is 3.09. The van der Waals surface area contributed by atoms with Crippen LogP contribution in [0.15, 0.2) is 29.3 Å². The van der Waals surface area contributed by atoms with Gasteiger partial charge in [0.05, 0.1) is 19.8 Å². The van der Waals surface area contributed by atoms with Crippen molar-refractivity contribution in [3.05, 3.63) is 34.9 Å². The summed E-state index contributed by atoms with van der Waals surface area (Å²) in [5.41, 5.74) is 1.32. The number of hydrogen-bond donors (Lipinski definition) is 1. The number of ether oxygens (including phenoxy) is 2. The van der Waals surface area contributed by atoms with E-state index in [9.17, 15) is 0 Å². The van der Waals surface area contributed by atoms with Crippen LogP contribution < -0.4 is 5.32 Å². The normalized spacial score (nSPS) is 17.3. The van der Waals surface area contributed by atoms with Gasteiger partial charge in [-0.1, -0.05) is 23.7 Å². The van der Waals surface area contributed by atoms with Gasteiger partial charge in [0.25, 0.3) is 0 Å². The molecule has 1 aromatic carbocycles. The van der Waals surface area contributed by atoms with Crippen molar-refractivity contribution in [2.24, 2.45) is 10.9 Å². The molecule has 26 heavy (non-hydrogen) atoms. The van der Waals surface area contributed by atoms with Gasteiger partial charge in [0.1, 0.15) is 0 Å². The van der Waals surface area contributed by atoms with Crippen molar-refractivity contribution < 1.29 is 9.47 Å². The molecule has 1 fully saturated rings. The number of rotatable bonds is 9. The van der Waals surface area contributed by atoms with Gasteiger partial charge in [0, 0.05) is 44.7 Å². The number of likely N-dealkylation sites (tertiary alicyclic amines) is 1. The first-order valence-corrected chi connectivity index (χ1v) is 9.37. The van der Waals surface area contributed by atoms with Crippen molar-refractivity contribution in [3.63, 3.8) is 0 Å². The molecule has 0 saturated carbocycles. The second kappa shape index (κ2) is 13.6. The molecule has 1 saturated heterocycles. The van der Waals surface area contributed by atoms with E-state index in [1.807, 2.05) is 19.2 Å². The van der Waals surface area contributed by atoms with Gasteiger partial charge in [-0.3, -0.25) is 4.99 Å². The second-order valence-electron chi connectivity index (χ2n) is 6.37. The molecule has 0 amide bonds. The fourth-order valence-corrected chi connectivity index (χ4v) is 3.16. The Kier molecular flexibility index (Phi) is 12.3. The van der Waals surface area contributed by atoms with Crippen LogP contribution in [0.4, 0.5) is 0 Å². The van der Waals surface area contributed by atoms with E-state index < -0.39 is 0 Å². The van der Waals surface area contributed by atoms with Crippen LogP contribution in [0.3, 0.4) is 0 Å². The summed E-state index contributed by atoms with van der Waals surface area (Å²) in [5, 5.41) is 4.27. The molecular formula is C19H31ClIN3O2. The molecule has 1 aromatic rings. The minimum atomic E-state index is 0. The van der Waals surface area contributed by atoms with Crippen LogP contribution in [0.2, 0.25) is 5.02 Å². The van der Waals surface area contributed by atoms with Crippen molar-refractivity contribution in [2.75, 3.05) is 53.6 Å². The number of aliphatic imine (C=N–C) groups is 1. The Morgan fingerprint density at radius 1 is 1.31 bits per heavy atom. The van der Waals surface area contributed by atoms with E-state index in [2.05, 4.69) is 27.3 Å². The third-order valence-corrected chi connectivity index (χ3v) is 4.67. The van der Waals surface area contributed by atoms with Gasteiger partial charge >= 0.3 is 0 Å². The Morgan fingerprint density at radius 2 is 2.08 bits per heavy atom. The molecule has 0 aliphatic carbocycles. The zero-order valence-electron chi connectivity index (χ0n) is 15.7. The first-order valence-electron chi connectivity index (χ1n) is 8.99. The molecule has 0 spiro atoms. The highest BCUT2D eigenvalue weighted by atomic mass is 127. The third-order valence-electron chi connectivity index (χ3n) is 4.42. The van der Waals surface area contributed by atoms with Gasteiger partial charge in [0.2, 0.25) is 0 Å². The molecule has 1 unspecified atom stereocenters. The number of methoxy groups -OCH3 is 1. The van der Waals surface area contributed by atoms with Crippen LogP contribution in [0.25, 0.3) is 0 Å². The maximum absolute atomic E-state index is 5.92. The Morgan fingerprint density at radius 3 is 2.77 bits per heavy atom. The van der Waals surface area contributed by atoms with Crippen LogP contribution in [0, 0.1) is 5.92 Å². The average molecular weight is 496 g/mol. The zero-order valence-corrected chi connectivity index (χ0v) is 18.8. The highest BCUT2D eigenvalue weighted by Crippen LogP contribution is 2.16. The van der Waals surface area contributed by atoms with Crippen molar-refractivity contribution in [1.82, 2.24) is 10.2 Å². The Bertz CT molecular complexity index is 528. The largest absolute Gasteiger partial charge is 0.382 e. The third kappa shape index (κ3) is 8.41. The van der Waals surface area contributed by atoms with Crippen LogP contribution in [0.1, 0.15) is 18.4 Å². The maximum atomic E-state index is 5.92. The number of nitrogens with zero attached hydrogens (tertiary/aromatic N) is 2. The topological polar surface area (TPSA) is 46.1 Å². The summed E-state index contributed by atoms with van der Waals surface area (Å²) in [6, 6.07) is 8.07. The van der Waals surface area contributed by atoms with Crippen molar-refractivity contribution in [1.29, 1.82) is 0 Å². The van der Waals surface area contributed by atoms with E-state index in [0.29, 0.717) is 19.1 Å². The minimum absolute atomic E-state index is 0. The molecule has 1 heterocycles. The van der Waals surface area contributed by atoms with E-state index in [1.165, 1.54) is 5.56 Å². The number of guanidine groups is 1. The van der Waals surface area contributed by atoms with Gasteiger partial charge in [-0.2, -0.15) is 0 Å². The summed E-state index contributed by atoms with van der Waals surface area (Å²) >= 11 is 5.92. The summed E-state index contributed by atoms with van der Waals surface area (Å²) in [6.45, 7) is 5.09. The van der Waals surface area contributed by atoms with Crippen LogP contribution in [0.5, 0.6) is 0 Å². The van der Waals surface area contributed by atoms with E-state index >= 15 is 0 Å².